The van der Waals surface area contributed by atoms with Gasteiger partial charge in [0.15, 0.2) is 6.61 Å². The summed E-state index contributed by atoms with van der Waals surface area (Å²) in [5, 5.41) is 15.6. The van der Waals surface area contributed by atoms with E-state index in [1.165, 1.54) is 0 Å². The molecule has 1 amide bonds. The van der Waals surface area contributed by atoms with Crippen LogP contribution in [0.15, 0.2) is 18.2 Å². The van der Waals surface area contributed by atoms with Crippen molar-refractivity contribution >= 4 is 11.6 Å². The van der Waals surface area contributed by atoms with Crippen molar-refractivity contribution in [3.8, 4) is 11.5 Å². The Labute approximate surface area is 118 Å². The molecule has 20 heavy (non-hydrogen) atoms. The lowest BCUT2D eigenvalue weighted by Gasteiger charge is -2.19. The van der Waals surface area contributed by atoms with E-state index < -0.39 is 6.10 Å². The number of carbonyl (C=O) groups excluding carboxylic acids is 1. The lowest BCUT2D eigenvalue weighted by Crippen LogP contribution is -2.35. The normalized spacial score (nSPS) is 15.3. The average Bonchev–Trinajstić information content (AvgIpc) is 2.42. The first-order valence-corrected chi connectivity index (χ1v) is 6.65. The second-order valence-corrected chi connectivity index (χ2v) is 5.02. The molecule has 0 fully saturated rings. The highest BCUT2D eigenvalue weighted by molar-refractivity contribution is 5.95. The highest BCUT2D eigenvalue weighted by atomic mass is 16.5. The van der Waals surface area contributed by atoms with Crippen LogP contribution in [0.3, 0.4) is 0 Å². The van der Waals surface area contributed by atoms with Crippen molar-refractivity contribution in [3.05, 3.63) is 18.2 Å². The molecule has 1 aliphatic heterocycles. The molecule has 3 N–H and O–H groups in total. The summed E-state index contributed by atoms with van der Waals surface area (Å²) in [5.41, 5.74) is 0.635. The number of fused-ring (bicyclic) bond motifs is 1. The first-order valence-electron chi connectivity index (χ1n) is 6.65. The average molecular weight is 280 g/mol. The minimum Gasteiger partial charge on any atom is -0.491 e. The SMILES string of the molecule is CC(C)NCC(O)COc1ccc2c(c1)OCC(=O)N2. The number of aliphatic hydroxyl groups excluding tert-OH is 1. The molecule has 0 aliphatic carbocycles. The second kappa shape index (κ2) is 6.58. The van der Waals surface area contributed by atoms with Gasteiger partial charge in [0.25, 0.3) is 5.91 Å². The predicted molar refractivity (Wildman–Crippen MR) is 75.2 cm³/mol. The molecule has 0 spiro atoms. The van der Waals surface area contributed by atoms with Gasteiger partial charge in [0.1, 0.15) is 24.2 Å². The maximum atomic E-state index is 11.1. The van der Waals surface area contributed by atoms with Crippen molar-refractivity contribution in [2.24, 2.45) is 0 Å². The molecular weight excluding hydrogens is 260 g/mol. The Morgan fingerprint density at radius 1 is 1.50 bits per heavy atom. The van der Waals surface area contributed by atoms with Crippen molar-refractivity contribution in [1.29, 1.82) is 0 Å². The van der Waals surface area contributed by atoms with Gasteiger partial charge in [0.05, 0.1) is 5.69 Å². The third-order valence-electron chi connectivity index (χ3n) is 2.79. The number of anilines is 1. The molecule has 1 aliphatic rings. The fraction of sp³-hybridized carbons (Fsp3) is 0.500. The van der Waals surface area contributed by atoms with E-state index in [-0.39, 0.29) is 19.1 Å². The number of benzene rings is 1. The summed E-state index contributed by atoms with van der Waals surface area (Å²) >= 11 is 0. The molecule has 1 atom stereocenters. The van der Waals surface area contributed by atoms with Crippen molar-refractivity contribution < 1.29 is 19.4 Å². The van der Waals surface area contributed by atoms with Crippen LogP contribution < -0.4 is 20.1 Å². The fourth-order valence-electron chi connectivity index (χ4n) is 1.77. The van der Waals surface area contributed by atoms with Crippen LogP contribution in [0.25, 0.3) is 0 Å². The number of carbonyl (C=O) groups is 1. The molecular formula is C14H20N2O4. The summed E-state index contributed by atoms with van der Waals surface area (Å²) in [6.07, 6.45) is -0.575. The van der Waals surface area contributed by atoms with Gasteiger partial charge in [-0.3, -0.25) is 4.79 Å². The molecule has 1 unspecified atom stereocenters. The molecule has 1 aromatic rings. The second-order valence-electron chi connectivity index (χ2n) is 5.02. The van der Waals surface area contributed by atoms with E-state index in [9.17, 15) is 9.90 Å². The predicted octanol–water partition coefficient (Wildman–Crippen LogP) is 0.755. The summed E-state index contributed by atoms with van der Waals surface area (Å²) in [6.45, 7) is 4.72. The number of ether oxygens (including phenoxy) is 2. The summed E-state index contributed by atoms with van der Waals surface area (Å²) < 4.78 is 10.8. The minimum absolute atomic E-state index is 0.0113. The lowest BCUT2D eigenvalue weighted by atomic mass is 10.2. The highest BCUT2D eigenvalue weighted by Gasteiger charge is 2.16. The molecule has 1 aromatic carbocycles. The zero-order valence-electron chi connectivity index (χ0n) is 11.7. The fourth-order valence-corrected chi connectivity index (χ4v) is 1.77. The Morgan fingerprint density at radius 2 is 2.30 bits per heavy atom. The van der Waals surface area contributed by atoms with E-state index >= 15 is 0 Å². The Bertz CT molecular complexity index is 476. The van der Waals surface area contributed by atoms with Crippen LogP contribution in [0, 0.1) is 0 Å². The summed E-state index contributed by atoms with van der Waals surface area (Å²) in [5.74, 6) is 1.02. The molecule has 0 saturated heterocycles. The van der Waals surface area contributed by atoms with Gasteiger partial charge in [-0.25, -0.2) is 0 Å². The van der Waals surface area contributed by atoms with E-state index in [0.717, 1.165) is 0 Å². The molecule has 1 heterocycles. The quantitative estimate of drug-likeness (QED) is 0.717. The standard InChI is InChI=1S/C14H20N2O4/c1-9(2)15-6-10(17)7-19-11-3-4-12-13(5-11)20-8-14(18)16-12/h3-5,9-10,15,17H,6-8H2,1-2H3,(H,16,18). The number of amides is 1. The van der Waals surface area contributed by atoms with Crippen LogP contribution in [-0.4, -0.2) is 42.9 Å². The van der Waals surface area contributed by atoms with Crippen LogP contribution in [0.1, 0.15) is 13.8 Å². The molecule has 6 nitrogen and oxygen atoms in total. The van der Waals surface area contributed by atoms with Gasteiger partial charge >= 0.3 is 0 Å². The number of hydrogen-bond donors (Lipinski definition) is 3. The number of rotatable bonds is 6. The number of hydrogen-bond acceptors (Lipinski definition) is 5. The first kappa shape index (κ1) is 14.6. The Morgan fingerprint density at radius 3 is 3.05 bits per heavy atom. The number of nitrogens with one attached hydrogen (secondary N) is 2. The zero-order valence-corrected chi connectivity index (χ0v) is 11.7. The molecule has 6 heteroatoms. The van der Waals surface area contributed by atoms with Crippen molar-refractivity contribution in [1.82, 2.24) is 5.32 Å². The maximum Gasteiger partial charge on any atom is 0.262 e. The Kier molecular flexibility index (Phi) is 4.81. The van der Waals surface area contributed by atoms with Crippen LogP contribution in [0.5, 0.6) is 11.5 Å². The first-order chi connectivity index (χ1) is 9.54. The largest absolute Gasteiger partial charge is 0.491 e. The minimum atomic E-state index is -0.575. The van der Waals surface area contributed by atoms with E-state index in [0.29, 0.717) is 29.8 Å². The Hall–Kier alpha value is -1.79. The van der Waals surface area contributed by atoms with E-state index in [4.69, 9.17) is 9.47 Å². The maximum absolute atomic E-state index is 11.1. The van der Waals surface area contributed by atoms with E-state index in [2.05, 4.69) is 10.6 Å². The zero-order chi connectivity index (χ0) is 14.5. The van der Waals surface area contributed by atoms with Gasteiger partial charge in [-0.2, -0.15) is 0 Å². The summed E-state index contributed by atoms with van der Waals surface area (Å²) in [7, 11) is 0. The van der Waals surface area contributed by atoms with Gasteiger partial charge in [0, 0.05) is 18.7 Å². The molecule has 0 saturated carbocycles. The van der Waals surface area contributed by atoms with Crippen LogP contribution in [0.4, 0.5) is 5.69 Å². The van der Waals surface area contributed by atoms with E-state index in [1.54, 1.807) is 18.2 Å². The Balaban J connectivity index is 1.86. The monoisotopic (exact) mass is 280 g/mol. The molecule has 110 valence electrons. The van der Waals surface area contributed by atoms with Gasteiger partial charge < -0.3 is 25.2 Å². The lowest BCUT2D eigenvalue weighted by molar-refractivity contribution is -0.118. The van der Waals surface area contributed by atoms with Crippen LogP contribution in [-0.2, 0) is 4.79 Å². The van der Waals surface area contributed by atoms with Gasteiger partial charge in [-0.1, -0.05) is 13.8 Å². The third kappa shape index (κ3) is 4.11. The molecule has 0 radical (unpaired) electrons. The topological polar surface area (TPSA) is 79.8 Å². The molecule has 0 aromatic heterocycles. The highest BCUT2D eigenvalue weighted by Crippen LogP contribution is 2.31. The number of aliphatic hydroxyl groups is 1. The molecule has 0 bridgehead atoms. The van der Waals surface area contributed by atoms with Gasteiger partial charge in [-0.15, -0.1) is 0 Å². The molecule has 2 rings (SSSR count). The van der Waals surface area contributed by atoms with Crippen molar-refractivity contribution in [3.63, 3.8) is 0 Å². The van der Waals surface area contributed by atoms with Crippen molar-refractivity contribution in [2.75, 3.05) is 25.1 Å². The smallest absolute Gasteiger partial charge is 0.262 e. The van der Waals surface area contributed by atoms with Crippen LogP contribution >= 0.6 is 0 Å². The van der Waals surface area contributed by atoms with Gasteiger partial charge in [0.2, 0.25) is 0 Å². The summed E-state index contributed by atoms with van der Waals surface area (Å²) in [6, 6.07) is 5.49. The van der Waals surface area contributed by atoms with Crippen LogP contribution in [0.2, 0.25) is 0 Å². The van der Waals surface area contributed by atoms with Gasteiger partial charge in [-0.05, 0) is 12.1 Å². The van der Waals surface area contributed by atoms with Crippen molar-refractivity contribution in [2.45, 2.75) is 26.0 Å². The van der Waals surface area contributed by atoms with E-state index in [1.807, 2.05) is 13.8 Å². The summed E-state index contributed by atoms with van der Waals surface area (Å²) in [4.78, 5) is 11.1. The third-order valence-corrected chi connectivity index (χ3v) is 2.79.